The van der Waals surface area contributed by atoms with Crippen LogP contribution < -0.4 is 5.32 Å². The molecule has 10 heteroatoms. The lowest BCUT2D eigenvalue weighted by Gasteiger charge is -2.12. The van der Waals surface area contributed by atoms with Gasteiger partial charge in [0.25, 0.3) is 0 Å². The highest BCUT2D eigenvalue weighted by molar-refractivity contribution is 6.35. The fourth-order valence-corrected chi connectivity index (χ4v) is 3.91. The van der Waals surface area contributed by atoms with Crippen molar-refractivity contribution in [1.29, 1.82) is 0 Å². The van der Waals surface area contributed by atoms with Gasteiger partial charge in [-0.3, -0.25) is 19.7 Å². The van der Waals surface area contributed by atoms with Crippen molar-refractivity contribution in [2.24, 2.45) is 0 Å². The minimum atomic E-state index is -0.629. The lowest BCUT2D eigenvalue weighted by Crippen LogP contribution is -1.98. The van der Waals surface area contributed by atoms with Crippen LogP contribution in [-0.4, -0.2) is 36.8 Å². The minimum Gasteiger partial charge on any atom is -0.312 e. The molecule has 6 rings (SSSR count). The first-order valence-corrected chi connectivity index (χ1v) is 10.6. The molecular weight excluding hydrogens is 435 g/mol. The van der Waals surface area contributed by atoms with Crippen molar-refractivity contribution < 1.29 is 14.0 Å². The quantitative estimate of drug-likeness (QED) is 0.442. The summed E-state index contributed by atoms with van der Waals surface area (Å²) in [6.07, 6.45) is 13.6. The number of fused-ring (bicyclic) bond motifs is 2. The molecule has 3 aromatic heterocycles. The van der Waals surface area contributed by atoms with Crippen LogP contribution in [0, 0.1) is 5.82 Å². The van der Waals surface area contributed by atoms with E-state index in [9.17, 15) is 9.59 Å². The van der Waals surface area contributed by atoms with Crippen LogP contribution >= 0.6 is 11.6 Å². The summed E-state index contributed by atoms with van der Waals surface area (Å²) in [5.74, 6) is -0.313. The molecule has 2 aliphatic carbocycles. The van der Waals surface area contributed by atoms with E-state index in [2.05, 4.69) is 25.5 Å². The first kappa shape index (κ1) is 20.3. The van der Waals surface area contributed by atoms with Gasteiger partial charge < -0.3 is 9.72 Å². The number of amides is 1. The van der Waals surface area contributed by atoms with Crippen molar-refractivity contribution in [3.05, 3.63) is 47.3 Å². The Labute approximate surface area is 186 Å². The van der Waals surface area contributed by atoms with Crippen LogP contribution in [0.3, 0.4) is 0 Å². The molecule has 0 unspecified atom stereocenters. The third kappa shape index (κ3) is 3.64. The summed E-state index contributed by atoms with van der Waals surface area (Å²) in [5, 5.41) is 9.83. The van der Waals surface area contributed by atoms with Gasteiger partial charge in [-0.15, -0.1) is 0 Å². The maximum absolute atomic E-state index is 15.3. The van der Waals surface area contributed by atoms with Gasteiger partial charge in [0.1, 0.15) is 0 Å². The van der Waals surface area contributed by atoms with E-state index in [1.807, 2.05) is 0 Å². The van der Waals surface area contributed by atoms with Crippen LogP contribution in [0.5, 0.6) is 0 Å². The van der Waals surface area contributed by atoms with E-state index in [4.69, 9.17) is 11.6 Å². The van der Waals surface area contributed by atoms with Gasteiger partial charge in [-0.25, -0.2) is 9.37 Å². The Balaban J connectivity index is 0.000000666. The average Bonchev–Trinajstić information content (AvgIpc) is 3.33. The molecule has 32 heavy (non-hydrogen) atoms. The van der Waals surface area contributed by atoms with Crippen LogP contribution in [0.1, 0.15) is 37.7 Å². The number of nitrogens with one attached hydrogen (secondary N) is 2. The number of imidazole rings is 1. The molecule has 0 spiro atoms. The maximum Gasteiger partial charge on any atom is 0.212 e. The summed E-state index contributed by atoms with van der Waals surface area (Å²) in [5.41, 5.74) is 2.60. The highest BCUT2D eigenvalue weighted by atomic mass is 35.5. The van der Waals surface area contributed by atoms with E-state index in [0.29, 0.717) is 58.5 Å². The molecule has 8 nitrogen and oxygen atoms in total. The highest BCUT2D eigenvalue weighted by Crippen LogP contribution is 2.42. The number of halogens is 2. The zero-order valence-corrected chi connectivity index (χ0v) is 17.6. The number of aromatic amines is 1. The SMILES string of the molecule is C1CC1.O=CNc1cn2cc(-c3c(Cl)c(F)c(C4=CC(=O)CC4)c4[nH]ncc34)ncc2n1. The molecule has 0 bridgehead atoms. The highest BCUT2D eigenvalue weighted by Gasteiger charge is 2.26. The van der Waals surface area contributed by atoms with E-state index in [0.717, 1.165) is 0 Å². The molecular formula is C22H18ClFN6O2. The Bertz CT molecular complexity index is 1400. The number of carbonyl (C=O) groups is 2. The summed E-state index contributed by atoms with van der Waals surface area (Å²) >= 11 is 6.44. The lowest BCUT2D eigenvalue weighted by atomic mass is 9.97. The van der Waals surface area contributed by atoms with Gasteiger partial charge in [0, 0.05) is 29.1 Å². The Morgan fingerprint density at radius 2 is 1.97 bits per heavy atom. The van der Waals surface area contributed by atoms with Crippen LogP contribution in [0.4, 0.5) is 10.2 Å². The fraction of sp³-hybridized carbons (Fsp3) is 0.227. The number of hydrogen-bond acceptors (Lipinski definition) is 5. The molecule has 1 amide bonds. The van der Waals surface area contributed by atoms with Gasteiger partial charge in [-0.05, 0) is 18.1 Å². The molecule has 0 saturated heterocycles. The van der Waals surface area contributed by atoms with Crippen LogP contribution in [0.25, 0.3) is 33.4 Å². The maximum atomic E-state index is 15.3. The zero-order valence-electron chi connectivity index (χ0n) is 16.9. The molecule has 1 aromatic carbocycles. The molecule has 2 aliphatic rings. The number of carbonyl (C=O) groups excluding carboxylic acids is 2. The number of allylic oxidation sites excluding steroid dienone is 2. The van der Waals surface area contributed by atoms with E-state index >= 15 is 4.39 Å². The van der Waals surface area contributed by atoms with E-state index < -0.39 is 5.82 Å². The molecule has 0 atom stereocenters. The standard InChI is InChI=1S/C19H12ClFN6O2.C3H6/c20-17-16(12-6-27-7-13(23-8-28)25-14(27)5-22-12)11-4-24-26-19(11)15(18(17)21)9-1-2-10(29)3-9;1-2-3-1/h3-8H,1-2H2,(H,23,28)(H,24,26);1-3H2. The average molecular weight is 453 g/mol. The van der Waals surface area contributed by atoms with E-state index in [1.165, 1.54) is 31.5 Å². The molecule has 1 saturated carbocycles. The van der Waals surface area contributed by atoms with E-state index in [-0.39, 0.29) is 16.4 Å². The predicted octanol–water partition coefficient (Wildman–Crippen LogP) is 4.55. The Kier molecular flexibility index (Phi) is 5.18. The predicted molar refractivity (Wildman–Crippen MR) is 119 cm³/mol. The van der Waals surface area contributed by atoms with Gasteiger partial charge in [-0.2, -0.15) is 5.10 Å². The Morgan fingerprint density at radius 1 is 1.16 bits per heavy atom. The smallest absolute Gasteiger partial charge is 0.212 e. The van der Waals surface area contributed by atoms with Gasteiger partial charge in [0.05, 0.1) is 34.8 Å². The minimum absolute atomic E-state index is 0.0424. The van der Waals surface area contributed by atoms with Crippen molar-refractivity contribution in [3.63, 3.8) is 0 Å². The second-order valence-corrected chi connectivity index (χ2v) is 8.04. The van der Waals surface area contributed by atoms with Gasteiger partial charge in [0.2, 0.25) is 6.41 Å². The summed E-state index contributed by atoms with van der Waals surface area (Å²) in [4.78, 5) is 30.8. The molecule has 0 aliphatic heterocycles. The summed E-state index contributed by atoms with van der Waals surface area (Å²) in [6, 6.07) is 0. The zero-order chi connectivity index (χ0) is 22.2. The summed E-state index contributed by atoms with van der Waals surface area (Å²) < 4.78 is 17.0. The Morgan fingerprint density at radius 3 is 2.66 bits per heavy atom. The number of ketones is 1. The largest absolute Gasteiger partial charge is 0.312 e. The van der Waals surface area contributed by atoms with E-state index in [1.54, 1.807) is 23.0 Å². The third-order valence-electron chi connectivity index (χ3n) is 5.25. The molecule has 0 radical (unpaired) electrons. The monoisotopic (exact) mass is 452 g/mol. The number of rotatable bonds is 4. The van der Waals surface area contributed by atoms with Crippen molar-refractivity contribution >= 4 is 51.7 Å². The fourth-order valence-electron chi connectivity index (χ4n) is 3.62. The van der Waals surface area contributed by atoms with Crippen LogP contribution in [0.2, 0.25) is 5.02 Å². The topological polar surface area (TPSA) is 105 Å². The molecule has 162 valence electrons. The van der Waals surface area contributed by atoms with Gasteiger partial charge >= 0.3 is 0 Å². The molecule has 2 N–H and O–H groups in total. The van der Waals surface area contributed by atoms with Gasteiger partial charge in [0.15, 0.2) is 23.1 Å². The first-order valence-electron chi connectivity index (χ1n) is 10.2. The summed E-state index contributed by atoms with van der Waals surface area (Å²) in [7, 11) is 0. The van der Waals surface area contributed by atoms with Gasteiger partial charge in [-0.1, -0.05) is 30.9 Å². The number of aromatic nitrogens is 5. The second-order valence-electron chi connectivity index (χ2n) is 7.66. The van der Waals surface area contributed by atoms with Crippen molar-refractivity contribution in [2.45, 2.75) is 32.1 Å². The number of H-pyrrole nitrogens is 1. The number of anilines is 1. The second kappa shape index (κ2) is 8.16. The van der Waals surface area contributed by atoms with Crippen molar-refractivity contribution in [3.8, 4) is 11.3 Å². The van der Waals surface area contributed by atoms with Crippen molar-refractivity contribution in [2.75, 3.05) is 5.32 Å². The third-order valence-corrected chi connectivity index (χ3v) is 5.60. The number of nitrogens with zero attached hydrogens (tertiary/aromatic N) is 4. The first-order chi connectivity index (χ1) is 15.6. The van der Waals surface area contributed by atoms with Crippen LogP contribution in [0.15, 0.2) is 30.9 Å². The molecule has 4 aromatic rings. The lowest BCUT2D eigenvalue weighted by molar-refractivity contribution is -0.114. The normalized spacial score (nSPS) is 14.9. The molecule has 3 heterocycles. The van der Waals surface area contributed by atoms with Crippen molar-refractivity contribution in [1.82, 2.24) is 24.6 Å². The Hall–Kier alpha value is -3.59. The van der Waals surface area contributed by atoms with Crippen LogP contribution in [-0.2, 0) is 9.59 Å². The summed E-state index contributed by atoms with van der Waals surface area (Å²) in [6.45, 7) is 0. The number of hydrogen-bond donors (Lipinski definition) is 2. The molecule has 1 fully saturated rings. The number of benzene rings is 1.